The minimum Gasteiger partial charge on any atom is -0.356 e. The summed E-state index contributed by atoms with van der Waals surface area (Å²) in [7, 11) is 0. The minimum absolute atomic E-state index is 0.150. The summed E-state index contributed by atoms with van der Waals surface area (Å²) < 4.78 is 0. The second-order valence-electron chi connectivity index (χ2n) is 35.2. The van der Waals surface area contributed by atoms with Crippen LogP contribution in [-0.4, -0.2) is 20.1 Å². The fourth-order valence-corrected chi connectivity index (χ4v) is 23.1. The number of hydrogen-bond donors (Lipinski definition) is 1. The largest absolute Gasteiger partial charge is 0.356 e. The highest BCUT2D eigenvalue weighted by molar-refractivity contribution is 7.04. The third-order valence-corrected chi connectivity index (χ3v) is 26.6. The topological polar surface area (TPSA) is 28.2 Å². The molecule has 9 heteroatoms. The van der Waals surface area contributed by atoms with Crippen molar-refractivity contribution >= 4 is 166 Å². The Labute approximate surface area is 692 Å². The van der Waals surface area contributed by atoms with Crippen molar-refractivity contribution in [2.24, 2.45) is 0 Å². The first kappa shape index (κ1) is 72.0. The van der Waals surface area contributed by atoms with E-state index in [4.69, 9.17) is 0 Å². The number of fused-ring (bicyclic) bond motifs is 12. The smallest absolute Gasteiger partial charge is 0.252 e. The van der Waals surface area contributed by atoms with Gasteiger partial charge in [0.1, 0.15) is 0 Å². The van der Waals surface area contributed by atoms with Crippen molar-refractivity contribution in [3.63, 3.8) is 0 Å². The molecule has 0 aromatic heterocycles. The number of benzene rings is 15. The highest BCUT2D eigenvalue weighted by Gasteiger charge is 2.52. The van der Waals surface area contributed by atoms with Crippen LogP contribution in [0.1, 0.15) is 100 Å². The van der Waals surface area contributed by atoms with Crippen LogP contribution in [0.4, 0.5) is 96.7 Å². The average molecular weight is 1510 g/mol. The van der Waals surface area contributed by atoms with Crippen LogP contribution in [0.3, 0.4) is 0 Å². The molecule has 21 rings (SSSR count). The zero-order valence-corrected chi connectivity index (χ0v) is 70.6. The number of hydrogen-bond acceptors (Lipinski definition) is 6. The molecular weight excluding hydrogens is 1410 g/mol. The summed E-state index contributed by atoms with van der Waals surface area (Å²) in [5.74, 6) is 0. The first-order chi connectivity index (χ1) is 56.4. The maximum atomic E-state index is 4.39. The summed E-state index contributed by atoms with van der Waals surface area (Å²) in [4.78, 5) is 13.4. The van der Waals surface area contributed by atoms with Crippen LogP contribution < -0.4 is 79.0 Å². The fraction of sp³-hybridized carbons (Fsp3) is 0.167. The highest BCUT2D eigenvalue weighted by atomic mass is 15.2. The Kier molecular flexibility index (Phi) is 16.3. The Bertz CT molecular complexity index is 6750. The quantitative estimate of drug-likeness (QED) is 0.153. The van der Waals surface area contributed by atoms with E-state index in [0.717, 1.165) is 22.7 Å². The molecule has 0 radical (unpaired) electrons. The van der Waals surface area contributed by atoms with Crippen molar-refractivity contribution in [3.8, 4) is 33.4 Å². The Hall–Kier alpha value is -12.7. The van der Waals surface area contributed by atoms with E-state index < -0.39 is 0 Å². The molecule has 1 N–H and O–H groups in total. The lowest BCUT2D eigenvalue weighted by Gasteiger charge is -2.48. The van der Waals surface area contributed by atoms with E-state index in [2.05, 4.69) is 397 Å². The standard InChI is InChI=1S/C108H95B3N6/c1-59-37-65(7)100(66(8)38-59)77-49-89-103-95(50-77)113(80-29-21-19-22-30-80)90-35-27-25-33-82(90)109(103)84-55-85-92(57-88(84)112-89)115(106-71(13)43-62(4)44-72(106)14)98-53-79(102-69(11)41-61(3)42-70(102)12)54-99-105(98)111(85)87-56-86-93(58-94(87)117(99)108-75(17)47-64(6)48-76(108)18)116(107-73(15)45-63(5)46-74(107)16)97-52-78(101-67(9)39-60(2)40-68(101)10)51-96-104(97)110(86)83-34-26-28-36-91(83)114(96)81-31-23-20-24-32-81/h19-58,112H,1-18H3. The second kappa shape index (κ2) is 26.4. The van der Waals surface area contributed by atoms with Crippen LogP contribution in [0.5, 0.6) is 0 Å². The van der Waals surface area contributed by atoms with Gasteiger partial charge in [-0.2, -0.15) is 0 Å². The van der Waals surface area contributed by atoms with Gasteiger partial charge in [-0.05, 0) is 359 Å². The van der Waals surface area contributed by atoms with Gasteiger partial charge in [0.2, 0.25) is 0 Å². The number of para-hydroxylation sites is 4. The molecule has 15 aromatic carbocycles. The van der Waals surface area contributed by atoms with Crippen molar-refractivity contribution in [2.45, 2.75) is 125 Å². The molecule has 6 aliphatic rings. The summed E-state index contributed by atoms with van der Waals surface area (Å²) in [5, 5.41) is 4.39. The SMILES string of the molecule is Cc1cc(C)c(-c2cc3c4c(c2)N(c2ccccc2)c2ccccc2B4c2cc4c(cc2N3)N(c2c(C)cc(C)cc2C)c2cc(-c3c(C)cc(C)cc3C)cc3c2B4c2cc4c(cc2N3c2c(C)cc(C)cc2C)N(c2c(C)cc(C)cc2C)c2cc(-c3c(C)cc(C)cc3C)cc3c2B4c2ccccc2N3c2ccccc2)c(C)c1. The van der Waals surface area contributed by atoms with Gasteiger partial charge in [-0.1, -0.05) is 191 Å². The highest BCUT2D eigenvalue weighted by Crippen LogP contribution is 2.55. The van der Waals surface area contributed by atoms with Gasteiger partial charge in [-0.3, -0.25) is 0 Å². The summed E-state index contributed by atoms with van der Waals surface area (Å²) >= 11 is 0. The molecule has 566 valence electrons. The van der Waals surface area contributed by atoms with E-state index in [1.165, 1.54) is 257 Å². The van der Waals surface area contributed by atoms with Gasteiger partial charge in [0.25, 0.3) is 20.1 Å². The predicted molar refractivity (Wildman–Crippen MR) is 505 cm³/mol. The second-order valence-corrected chi connectivity index (χ2v) is 35.2. The maximum absolute atomic E-state index is 4.39. The lowest BCUT2D eigenvalue weighted by molar-refractivity contribution is 1.18. The molecule has 117 heavy (non-hydrogen) atoms. The monoisotopic (exact) mass is 1510 g/mol. The molecule has 6 nitrogen and oxygen atoms in total. The van der Waals surface area contributed by atoms with Crippen molar-refractivity contribution in [3.05, 3.63) is 343 Å². The molecule has 0 atom stereocenters. The Morgan fingerprint density at radius 3 is 0.829 bits per heavy atom. The van der Waals surface area contributed by atoms with E-state index in [1.807, 2.05) is 0 Å². The lowest BCUT2D eigenvalue weighted by Crippen LogP contribution is -2.66. The zero-order chi connectivity index (χ0) is 80.5. The number of anilines is 17. The molecule has 0 saturated carbocycles. The van der Waals surface area contributed by atoms with E-state index >= 15 is 0 Å². The predicted octanol–water partition coefficient (Wildman–Crippen LogP) is 22.8. The fourth-order valence-electron chi connectivity index (χ4n) is 23.1. The molecule has 0 amide bonds. The van der Waals surface area contributed by atoms with Crippen LogP contribution in [0, 0.1) is 125 Å². The molecule has 0 fully saturated rings. The summed E-state index contributed by atoms with van der Waals surface area (Å²) in [5.41, 5.74) is 61.5. The molecular formula is C108H95B3N6. The molecule has 0 unspecified atom stereocenters. The van der Waals surface area contributed by atoms with Crippen molar-refractivity contribution in [1.29, 1.82) is 0 Å². The zero-order valence-electron chi connectivity index (χ0n) is 70.6. The molecule has 0 aliphatic carbocycles. The van der Waals surface area contributed by atoms with Gasteiger partial charge < -0.3 is 29.8 Å². The summed E-state index contributed by atoms with van der Waals surface area (Å²) in [6, 6.07) is 95.8. The van der Waals surface area contributed by atoms with Crippen LogP contribution >= 0.6 is 0 Å². The first-order valence-corrected chi connectivity index (χ1v) is 41.9. The van der Waals surface area contributed by atoms with Gasteiger partial charge >= 0.3 is 0 Å². The maximum Gasteiger partial charge on any atom is 0.252 e. The lowest BCUT2D eigenvalue weighted by atomic mass is 9.29. The third-order valence-electron chi connectivity index (χ3n) is 26.6. The van der Waals surface area contributed by atoms with Crippen LogP contribution in [-0.2, 0) is 0 Å². The molecule has 6 aliphatic heterocycles. The Morgan fingerprint density at radius 1 is 0.197 bits per heavy atom. The van der Waals surface area contributed by atoms with Gasteiger partial charge in [0.15, 0.2) is 0 Å². The van der Waals surface area contributed by atoms with Gasteiger partial charge in [-0.15, -0.1) is 0 Å². The third kappa shape index (κ3) is 10.8. The summed E-state index contributed by atoms with van der Waals surface area (Å²) in [6.07, 6.45) is 0. The van der Waals surface area contributed by atoms with E-state index in [-0.39, 0.29) is 20.1 Å². The van der Waals surface area contributed by atoms with Crippen LogP contribution in [0.2, 0.25) is 0 Å². The van der Waals surface area contributed by atoms with Crippen LogP contribution in [0.15, 0.2) is 243 Å². The Morgan fingerprint density at radius 2 is 0.470 bits per heavy atom. The summed E-state index contributed by atoms with van der Waals surface area (Å²) in [6.45, 7) is 40.8. The molecule has 6 heterocycles. The van der Waals surface area contributed by atoms with Gasteiger partial charge in [0, 0.05) is 79.6 Å². The van der Waals surface area contributed by atoms with E-state index in [0.29, 0.717) is 0 Å². The van der Waals surface area contributed by atoms with Gasteiger partial charge in [0.05, 0.1) is 17.1 Å². The van der Waals surface area contributed by atoms with Crippen molar-refractivity contribution in [2.75, 3.05) is 29.8 Å². The van der Waals surface area contributed by atoms with Gasteiger partial charge in [-0.25, -0.2) is 0 Å². The number of nitrogens with one attached hydrogen (secondary N) is 1. The van der Waals surface area contributed by atoms with E-state index in [9.17, 15) is 0 Å². The normalized spacial score (nSPS) is 13.5. The van der Waals surface area contributed by atoms with Crippen molar-refractivity contribution in [1.82, 2.24) is 0 Å². The number of nitrogens with zero attached hydrogens (tertiary/aromatic N) is 5. The molecule has 0 saturated heterocycles. The first-order valence-electron chi connectivity index (χ1n) is 41.9. The molecule has 15 aromatic rings. The van der Waals surface area contributed by atoms with Crippen molar-refractivity contribution < 1.29 is 0 Å². The Balaban J connectivity index is 0.928. The van der Waals surface area contributed by atoms with E-state index in [1.54, 1.807) is 0 Å². The van der Waals surface area contributed by atoms with Crippen LogP contribution in [0.25, 0.3) is 33.4 Å². The minimum atomic E-state index is -0.295. The number of rotatable bonds is 8. The molecule has 0 bridgehead atoms. The number of aryl methyl sites for hydroxylation is 18. The average Bonchev–Trinajstić information content (AvgIpc) is 0.679. The molecule has 0 spiro atoms.